The van der Waals surface area contributed by atoms with Crippen LogP contribution < -0.4 is 9.47 Å². The zero-order valence-electron chi connectivity index (χ0n) is 12.5. The highest BCUT2D eigenvalue weighted by Gasteiger charge is 2.14. The van der Waals surface area contributed by atoms with Crippen LogP contribution in [0, 0.1) is 16.0 Å². The molecule has 0 aliphatic heterocycles. The molecule has 2 rings (SSSR count). The fourth-order valence-corrected chi connectivity index (χ4v) is 2.92. The van der Waals surface area contributed by atoms with Crippen molar-refractivity contribution in [3.8, 4) is 11.5 Å². The van der Waals surface area contributed by atoms with E-state index in [2.05, 4.69) is 0 Å². The summed E-state index contributed by atoms with van der Waals surface area (Å²) in [5.74, 6) is 1.82. The maximum atomic E-state index is 10.8. The highest BCUT2D eigenvalue weighted by atomic mass is 16.6. The number of methoxy groups -OCH3 is 1. The Hall–Kier alpha value is -1.78. The molecule has 0 spiro atoms. The Balaban J connectivity index is 1.83. The molecule has 0 atom stereocenters. The van der Waals surface area contributed by atoms with Crippen LogP contribution in [-0.4, -0.2) is 18.6 Å². The van der Waals surface area contributed by atoms with Crippen molar-refractivity contribution in [1.29, 1.82) is 0 Å². The van der Waals surface area contributed by atoms with E-state index in [4.69, 9.17) is 9.47 Å². The molecule has 0 saturated heterocycles. The molecule has 0 amide bonds. The van der Waals surface area contributed by atoms with Gasteiger partial charge in [0, 0.05) is 6.07 Å². The standard InChI is InChI=1S/C16H23NO4/c1-20-15-10-9-14(17(18)19)12-16(15)21-11-5-8-13-6-3-2-4-7-13/h9-10,12-13H,2-8,11H2,1H3. The number of nitro benzene ring substituents is 1. The predicted octanol–water partition coefficient (Wildman–Crippen LogP) is 4.34. The van der Waals surface area contributed by atoms with Crippen molar-refractivity contribution < 1.29 is 14.4 Å². The molecule has 1 aliphatic carbocycles. The zero-order valence-corrected chi connectivity index (χ0v) is 12.5. The third-order valence-electron chi connectivity index (χ3n) is 4.10. The zero-order chi connectivity index (χ0) is 15.1. The average Bonchev–Trinajstić information content (AvgIpc) is 2.52. The minimum Gasteiger partial charge on any atom is -0.493 e. The molecule has 0 N–H and O–H groups in total. The third-order valence-corrected chi connectivity index (χ3v) is 4.10. The first kappa shape index (κ1) is 15.6. The van der Waals surface area contributed by atoms with Gasteiger partial charge in [-0.2, -0.15) is 0 Å². The molecule has 0 aromatic heterocycles. The van der Waals surface area contributed by atoms with Crippen LogP contribution in [0.3, 0.4) is 0 Å². The van der Waals surface area contributed by atoms with Gasteiger partial charge in [0.2, 0.25) is 0 Å². The molecule has 21 heavy (non-hydrogen) atoms. The lowest BCUT2D eigenvalue weighted by Crippen LogP contribution is -2.08. The summed E-state index contributed by atoms with van der Waals surface area (Å²) in [6.07, 6.45) is 8.90. The molecular formula is C16H23NO4. The normalized spacial score (nSPS) is 15.7. The van der Waals surface area contributed by atoms with Crippen molar-refractivity contribution in [3.05, 3.63) is 28.3 Å². The lowest BCUT2D eigenvalue weighted by molar-refractivity contribution is -0.385. The first-order valence-electron chi connectivity index (χ1n) is 7.66. The van der Waals surface area contributed by atoms with Gasteiger partial charge in [-0.25, -0.2) is 0 Å². The Bertz CT molecular complexity index is 469. The average molecular weight is 293 g/mol. The summed E-state index contributed by atoms with van der Waals surface area (Å²) < 4.78 is 10.9. The molecule has 0 heterocycles. The van der Waals surface area contributed by atoms with Crippen molar-refractivity contribution in [2.45, 2.75) is 44.9 Å². The van der Waals surface area contributed by atoms with Crippen LogP contribution in [0.4, 0.5) is 5.69 Å². The smallest absolute Gasteiger partial charge is 0.273 e. The summed E-state index contributed by atoms with van der Waals surface area (Å²) in [6.45, 7) is 0.577. The highest BCUT2D eigenvalue weighted by molar-refractivity contribution is 5.48. The number of hydrogen-bond donors (Lipinski definition) is 0. The van der Waals surface area contributed by atoms with Gasteiger partial charge in [0.15, 0.2) is 11.5 Å². The summed E-state index contributed by atoms with van der Waals surface area (Å²) >= 11 is 0. The topological polar surface area (TPSA) is 61.6 Å². The van der Waals surface area contributed by atoms with Gasteiger partial charge in [0.05, 0.1) is 24.7 Å². The number of benzene rings is 1. The van der Waals surface area contributed by atoms with Gasteiger partial charge >= 0.3 is 0 Å². The molecule has 1 aromatic rings. The number of hydrogen-bond acceptors (Lipinski definition) is 4. The van der Waals surface area contributed by atoms with Gasteiger partial charge in [-0.1, -0.05) is 32.1 Å². The van der Waals surface area contributed by atoms with Crippen molar-refractivity contribution in [1.82, 2.24) is 0 Å². The van der Waals surface area contributed by atoms with E-state index < -0.39 is 4.92 Å². The second kappa shape index (κ2) is 7.86. The van der Waals surface area contributed by atoms with Gasteiger partial charge < -0.3 is 9.47 Å². The van der Waals surface area contributed by atoms with E-state index >= 15 is 0 Å². The molecule has 0 unspecified atom stereocenters. The Morgan fingerprint density at radius 2 is 2.00 bits per heavy atom. The Kier molecular flexibility index (Phi) is 5.84. The van der Waals surface area contributed by atoms with Crippen LogP contribution in [0.15, 0.2) is 18.2 Å². The summed E-state index contributed by atoms with van der Waals surface area (Å²) in [5.41, 5.74) is 0.0260. The van der Waals surface area contributed by atoms with E-state index in [1.165, 1.54) is 57.8 Å². The summed E-state index contributed by atoms with van der Waals surface area (Å²) in [6, 6.07) is 4.43. The minimum absolute atomic E-state index is 0.0260. The van der Waals surface area contributed by atoms with Crippen molar-refractivity contribution >= 4 is 5.69 Å². The second-order valence-corrected chi connectivity index (χ2v) is 5.59. The minimum atomic E-state index is -0.422. The lowest BCUT2D eigenvalue weighted by Gasteiger charge is -2.21. The van der Waals surface area contributed by atoms with Crippen molar-refractivity contribution in [2.24, 2.45) is 5.92 Å². The monoisotopic (exact) mass is 293 g/mol. The maximum absolute atomic E-state index is 10.8. The van der Waals surface area contributed by atoms with E-state index in [9.17, 15) is 10.1 Å². The number of rotatable bonds is 7. The van der Waals surface area contributed by atoms with Gasteiger partial charge in [-0.3, -0.25) is 10.1 Å². The summed E-state index contributed by atoms with van der Waals surface area (Å²) in [5, 5.41) is 10.8. The Morgan fingerprint density at radius 1 is 1.24 bits per heavy atom. The fraction of sp³-hybridized carbons (Fsp3) is 0.625. The van der Waals surface area contributed by atoms with Crippen LogP contribution in [0.1, 0.15) is 44.9 Å². The van der Waals surface area contributed by atoms with E-state index in [1.807, 2.05) is 0 Å². The Morgan fingerprint density at radius 3 is 2.67 bits per heavy atom. The van der Waals surface area contributed by atoms with Gasteiger partial charge in [-0.15, -0.1) is 0 Å². The van der Waals surface area contributed by atoms with E-state index in [1.54, 1.807) is 6.07 Å². The molecule has 1 aromatic carbocycles. The fourth-order valence-electron chi connectivity index (χ4n) is 2.92. The number of nitrogens with zero attached hydrogens (tertiary/aromatic N) is 1. The van der Waals surface area contributed by atoms with Crippen LogP contribution in [0.2, 0.25) is 0 Å². The molecule has 1 aliphatic rings. The summed E-state index contributed by atoms with van der Waals surface area (Å²) in [7, 11) is 1.54. The summed E-state index contributed by atoms with van der Waals surface area (Å²) in [4.78, 5) is 10.4. The second-order valence-electron chi connectivity index (χ2n) is 5.59. The van der Waals surface area contributed by atoms with Crippen LogP contribution in [0.5, 0.6) is 11.5 Å². The predicted molar refractivity (Wildman–Crippen MR) is 81.0 cm³/mol. The van der Waals surface area contributed by atoms with Gasteiger partial charge in [0.1, 0.15) is 0 Å². The number of non-ortho nitro benzene ring substituents is 1. The molecule has 5 heteroatoms. The van der Waals surface area contributed by atoms with E-state index in [-0.39, 0.29) is 5.69 Å². The van der Waals surface area contributed by atoms with Crippen molar-refractivity contribution in [3.63, 3.8) is 0 Å². The highest BCUT2D eigenvalue weighted by Crippen LogP contribution is 2.32. The molecule has 116 valence electrons. The van der Waals surface area contributed by atoms with E-state index in [0.29, 0.717) is 18.1 Å². The number of ether oxygens (including phenoxy) is 2. The third kappa shape index (κ3) is 4.62. The quantitative estimate of drug-likeness (QED) is 0.426. The molecule has 5 nitrogen and oxygen atoms in total. The van der Waals surface area contributed by atoms with Crippen LogP contribution >= 0.6 is 0 Å². The molecule has 1 fully saturated rings. The SMILES string of the molecule is COc1ccc([N+](=O)[O-])cc1OCCCC1CCCCC1. The molecule has 0 radical (unpaired) electrons. The first-order chi connectivity index (χ1) is 10.2. The maximum Gasteiger partial charge on any atom is 0.273 e. The molecular weight excluding hydrogens is 270 g/mol. The van der Waals surface area contributed by atoms with Gasteiger partial charge in [0.25, 0.3) is 5.69 Å². The van der Waals surface area contributed by atoms with E-state index in [0.717, 1.165) is 12.3 Å². The molecule has 1 saturated carbocycles. The van der Waals surface area contributed by atoms with Crippen LogP contribution in [-0.2, 0) is 0 Å². The largest absolute Gasteiger partial charge is 0.493 e. The first-order valence-corrected chi connectivity index (χ1v) is 7.66. The number of nitro groups is 1. The van der Waals surface area contributed by atoms with Crippen LogP contribution in [0.25, 0.3) is 0 Å². The lowest BCUT2D eigenvalue weighted by atomic mass is 9.86. The Labute approximate surface area is 125 Å². The molecule has 0 bridgehead atoms. The van der Waals surface area contributed by atoms with Gasteiger partial charge in [-0.05, 0) is 24.8 Å². The van der Waals surface area contributed by atoms with Crippen molar-refractivity contribution in [2.75, 3.05) is 13.7 Å².